The van der Waals surface area contributed by atoms with Crippen LogP contribution in [0.15, 0.2) is 54.6 Å². The number of hydrogen-bond donors (Lipinski definition) is 0. The SMILES string of the molecule is CC(C)(C)OC(=O)N1C2C=C(c3ccc(OCc4ccccc4)cc3F)CC1COC2. The average molecular weight is 426 g/mol. The molecule has 31 heavy (non-hydrogen) atoms. The van der Waals surface area contributed by atoms with E-state index in [0.717, 1.165) is 11.1 Å². The lowest BCUT2D eigenvalue weighted by molar-refractivity contribution is -0.0510. The van der Waals surface area contributed by atoms with Crippen LogP contribution in [0.2, 0.25) is 0 Å². The Morgan fingerprint density at radius 3 is 2.61 bits per heavy atom. The molecule has 0 radical (unpaired) electrons. The molecule has 0 spiro atoms. The van der Waals surface area contributed by atoms with Gasteiger partial charge in [-0.25, -0.2) is 9.18 Å². The summed E-state index contributed by atoms with van der Waals surface area (Å²) in [5.74, 6) is 0.155. The van der Waals surface area contributed by atoms with Crippen molar-refractivity contribution in [3.8, 4) is 5.75 Å². The molecule has 2 heterocycles. The molecule has 2 bridgehead atoms. The number of morpholine rings is 1. The first-order valence-electron chi connectivity index (χ1n) is 10.6. The summed E-state index contributed by atoms with van der Waals surface area (Å²) in [6.07, 6.45) is 2.07. The number of carbonyl (C=O) groups excluding carboxylic acids is 1. The number of ether oxygens (including phenoxy) is 3. The maximum absolute atomic E-state index is 15.0. The topological polar surface area (TPSA) is 48.0 Å². The monoisotopic (exact) mass is 425 g/mol. The van der Waals surface area contributed by atoms with Gasteiger partial charge in [0.25, 0.3) is 0 Å². The van der Waals surface area contributed by atoms with Gasteiger partial charge in [0.05, 0.1) is 25.3 Å². The van der Waals surface area contributed by atoms with Crippen molar-refractivity contribution in [2.75, 3.05) is 13.2 Å². The van der Waals surface area contributed by atoms with E-state index in [-0.39, 0.29) is 24.0 Å². The lowest BCUT2D eigenvalue weighted by Gasteiger charge is -2.44. The first-order valence-corrected chi connectivity index (χ1v) is 10.6. The molecule has 2 aliphatic rings. The molecular weight excluding hydrogens is 397 g/mol. The molecule has 0 aromatic heterocycles. The van der Waals surface area contributed by atoms with E-state index >= 15 is 0 Å². The van der Waals surface area contributed by atoms with E-state index in [4.69, 9.17) is 14.2 Å². The maximum Gasteiger partial charge on any atom is 0.411 e. The zero-order chi connectivity index (χ0) is 22.0. The largest absolute Gasteiger partial charge is 0.489 e. The van der Waals surface area contributed by atoms with Gasteiger partial charge in [0.1, 0.15) is 23.8 Å². The predicted molar refractivity (Wildman–Crippen MR) is 116 cm³/mol. The molecule has 5 nitrogen and oxygen atoms in total. The second-order valence-electron chi connectivity index (χ2n) is 8.96. The Bertz CT molecular complexity index is 967. The zero-order valence-corrected chi connectivity index (χ0v) is 18.1. The summed E-state index contributed by atoms with van der Waals surface area (Å²) in [5, 5.41) is 0. The summed E-state index contributed by atoms with van der Waals surface area (Å²) in [7, 11) is 0. The Balaban J connectivity index is 1.50. The highest BCUT2D eigenvalue weighted by Gasteiger charge is 2.40. The van der Waals surface area contributed by atoms with Crippen LogP contribution in [0, 0.1) is 5.82 Å². The Morgan fingerprint density at radius 1 is 1.16 bits per heavy atom. The third-order valence-corrected chi connectivity index (χ3v) is 5.34. The molecule has 2 aromatic rings. The summed E-state index contributed by atoms with van der Waals surface area (Å²) in [6, 6.07) is 14.3. The fourth-order valence-corrected chi connectivity index (χ4v) is 3.98. The Morgan fingerprint density at radius 2 is 1.94 bits per heavy atom. The number of fused-ring (bicyclic) bond motifs is 2. The van der Waals surface area contributed by atoms with Crippen LogP contribution in [0.25, 0.3) is 5.57 Å². The summed E-state index contributed by atoms with van der Waals surface area (Å²) in [6.45, 7) is 6.71. The second kappa shape index (κ2) is 8.71. The van der Waals surface area contributed by atoms with Crippen LogP contribution in [-0.2, 0) is 16.1 Å². The number of benzene rings is 2. The zero-order valence-electron chi connectivity index (χ0n) is 18.1. The van der Waals surface area contributed by atoms with E-state index in [2.05, 4.69) is 0 Å². The normalized spacial score (nSPS) is 20.8. The Hall–Kier alpha value is -2.86. The summed E-state index contributed by atoms with van der Waals surface area (Å²) >= 11 is 0. The Kier molecular flexibility index (Phi) is 6.01. The summed E-state index contributed by atoms with van der Waals surface area (Å²) < 4.78 is 31.9. The molecule has 1 amide bonds. The van der Waals surface area contributed by atoms with E-state index in [0.29, 0.717) is 37.6 Å². The number of carbonyl (C=O) groups is 1. The molecule has 1 fully saturated rings. The third kappa shape index (κ3) is 5.07. The van der Waals surface area contributed by atoms with Gasteiger partial charge in [0.2, 0.25) is 0 Å². The van der Waals surface area contributed by atoms with E-state index in [1.165, 1.54) is 6.07 Å². The van der Waals surface area contributed by atoms with Gasteiger partial charge in [0.15, 0.2) is 0 Å². The molecule has 4 rings (SSSR count). The van der Waals surface area contributed by atoms with Crippen molar-refractivity contribution in [3.05, 3.63) is 71.6 Å². The van der Waals surface area contributed by atoms with E-state index in [1.807, 2.05) is 57.2 Å². The molecular formula is C25H28FNO4. The van der Waals surface area contributed by atoms with Gasteiger partial charge < -0.3 is 14.2 Å². The Labute approximate surface area is 182 Å². The number of rotatable bonds is 4. The molecule has 164 valence electrons. The second-order valence-corrected chi connectivity index (χ2v) is 8.96. The molecule has 0 aliphatic carbocycles. The van der Waals surface area contributed by atoms with Crippen molar-refractivity contribution in [2.45, 2.75) is 51.5 Å². The third-order valence-electron chi connectivity index (χ3n) is 5.34. The minimum Gasteiger partial charge on any atom is -0.489 e. The van der Waals surface area contributed by atoms with Crippen LogP contribution in [-0.4, -0.2) is 41.9 Å². The fourth-order valence-electron chi connectivity index (χ4n) is 3.98. The molecule has 1 saturated heterocycles. The van der Waals surface area contributed by atoms with Gasteiger partial charge in [0, 0.05) is 11.6 Å². The quantitative estimate of drug-likeness (QED) is 0.676. The van der Waals surface area contributed by atoms with E-state index < -0.39 is 5.60 Å². The number of amides is 1. The van der Waals surface area contributed by atoms with Gasteiger partial charge in [-0.15, -0.1) is 0 Å². The standard InChI is InChI=1S/C25H28FNO4/c1-25(2,3)31-24(28)27-19-11-18(12-20(27)16-29-15-19)22-10-9-21(13-23(22)26)30-14-17-7-5-4-6-8-17/h4-11,13,19-20H,12,14-16H2,1-3H3. The first-order chi connectivity index (χ1) is 14.8. The van der Waals surface area contributed by atoms with Crippen LogP contribution in [0.3, 0.4) is 0 Å². The minimum absolute atomic E-state index is 0.179. The van der Waals surface area contributed by atoms with Crippen molar-refractivity contribution in [2.24, 2.45) is 0 Å². The number of nitrogens with zero attached hydrogens (tertiary/aromatic N) is 1. The lowest BCUT2D eigenvalue weighted by Crippen LogP contribution is -2.57. The lowest BCUT2D eigenvalue weighted by atomic mass is 9.90. The number of hydrogen-bond acceptors (Lipinski definition) is 4. The van der Waals surface area contributed by atoms with Crippen LogP contribution < -0.4 is 4.74 Å². The van der Waals surface area contributed by atoms with Gasteiger partial charge in [-0.3, -0.25) is 4.90 Å². The van der Waals surface area contributed by atoms with E-state index in [9.17, 15) is 9.18 Å². The van der Waals surface area contributed by atoms with Crippen LogP contribution >= 0.6 is 0 Å². The van der Waals surface area contributed by atoms with Gasteiger partial charge in [-0.1, -0.05) is 36.4 Å². The van der Waals surface area contributed by atoms with Crippen molar-refractivity contribution < 1.29 is 23.4 Å². The minimum atomic E-state index is -0.572. The van der Waals surface area contributed by atoms with Crippen molar-refractivity contribution in [3.63, 3.8) is 0 Å². The summed E-state index contributed by atoms with van der Waals surface area (Å²) in [4.78, 5) is 14.4. The fraction of sp³-hybridized carbons (Fsp3) is 0.400. The molecule has 2 aliphatic heterocycles. The van der Waals surface area contributed by atoms with Crippen molar-refractivity contribution in [1.29, 1.82) is 0 Å². The highest BCUT2D eigenvalue weighted by molar-refractivity contribution is 5.75. The molecule has 0 N–H and O–H groups in total. The van der Waals surface area contributed by atoms with Crippen LogP contribution in [0.5, 0.6) is 5.75 Å². The van der Waals surface area contributed by atoms with Gasteiger partial charge in [-0.2, -0.15) is 0 Å². The maximum atomic E-state index is 15.0. The summed E-state index contributed by atoms with van der Waals surface area (Å²) in [5.41, 5.74) is 1.87. The van der Waals surface area contributed by atoms with Crippen LogP contribution in [0.4, 0.5) is 9.18 Å². The van der Waals surface area contributed by atoms with Crippen molar-refractivity contribution in [1.82, 2.24) is 4.90 Å². The predicted octanol–water partition coefficient (Wildman–Crippen LogP) is 5.20. The molecule has 2 atom stereocenters. The number of halogens is 1. The van der Waals surface area contributed by atoms with Gasteiger partial charge >= 0.3 is 6.09 Å². The highest BCUT2D eigenvalue weighted by Crippen LogP contribution is 2.35. The van der Waals surface area contributed by atoms with Gasteiger partial charge in [-0.05, 0) is 50.5 Å². The smallest absolute Gasteiger partial charge is 0.411 e. The first kappa shape index (κ1) is 21.4. The highest BCUT2D eigenvalue weighted by atomic mass is 19.1. The molecule has 6 heteroatoms. The molecule has 0 saturated carbocycles. The molecule has 2 aromatic carbocycles. The van der Waals surface area contributed by atoms with Crippen LogP contribution in [0.1, 0.15) is 38.3 Å². The average Bonchev–Trinajstić information content (AvgIpc) is 2.71. The van der Waals surface area contributed by atoms with Crippen molar-refractivity contribution >= 4 is 11.7 Å². The molecule has 2 unspecified atom stereocenters. The van der Waals surface area contributed by atoms with E-state index in [1.54, 1.807) is 17.0 Å².